The lowest BCUT2D eigenvalue weighted by Crippen LogP contribution is -2.40. The molecule has 0 aromatic heterocycles. The van der Waals surface area contributed by atoms with Gasteiger partial charge in [-0.2, -0.15) is 0 Å². The minimum absolute atomic E-state index is 0. The molecule has 0 aromatic rings. The molecule has 1 unspecified atom stereocenters. The van der Waals surface area contributed by atoms with E-state index < -0.39 is 0 Å². The molecule has 0 radical (unpaired) electrons. The molecule has 0 spiro atoms. The number of nitrogens with one attached hydrogen (secondary N) is 2. The van der Waals surface area contributed by atoms with Crippen molar-refractivity contribution >= 4 is 18.3 Å². The zero-order chi connectivity index (χ0) is 5.98. The smallest absolute Gasteiger partial charge is 0.240 e. The Kier molecular flexibility index (Phi) is 3.05. The molecule has 0 aliphatic carbocycles. The molecule has 4 N–H and O–H groups in total. The van der Waals surface area contributed by atoms with E-state index in [0.29, 0.717) is 0 Å². The molecule has 1 aliphatic heterocycles. The molecule has 0 aromatic carbocycles. The Hall–Kier alpha value is -0.740. The highest BCUT2D eigenvalue weighted by Gasteiger charge is 2.12. The van der Waals surface area contributed by atoms with Crippen molar-refractivity contribution in [1.29, 1.82) is 0 Å². The number of carbonyl (C=O) groups is 1. The molecule has 0 fully saturated rings. The number of amides is 1. The average molecular weight is 150 g/mol. The molecular weight excluding hydrogens is 142 g/mol. The van der Waals surface area contributed by atoms with E-state index in [1.165, 1.54) is 0 Å². The summed E-state index contributed by atoms with van der Waals surface area (Å²) < 4.78 is 0. The second kappa shape index (κ2) is 3.32. The standard InChI is InChI=1S/C4H7N3O.ClH/c5-4(8)3-1-2-6-7-3;/h1-3,6-7H,(H2,5,8);1H. The third-order valence-electron chi connectivity index (χ3n) is 0.917. The maximum atomic E-state index is 10.3. The van der Waals surface area contributed by atoms with Crippen molar-refractivity contribution in [3.05, 3.63) is 12.3 Å². The van der Waals surface area contributed by atoms with Gasteiger partial charge in [-0.15, -0.1) is 12.4 Å². The Balaban J connectivity index is 0.000000640. The second-order valence-corrected chi connectivity index (χ2v) is 1.53. The van der Waals surface area contributed by atoms with Crippen LogP contribution in [-0.4, -0.2) is 11.9 Å². The average Bonchev–Trinajstić information content (AvgIpc) is 2.12. The predicted octanol–water partition coefficient (Wildman–Crippen LogP) is -1.12. The fourth-order valence-electron chi connectivity index (χ4n) is 0.496. The Morgan fingerprint density at radius 1 is 1.67 bits per heavy atom. The van der Waals surface area contributed by atoms with Crippen LogP contribution in [0.5, 0.6) is 0 Å². The van der Waals surface area contributed by atoms with Gasteiger partial charge in [0, 0.05) is 6.20 Å². The molecule has 1 aliphatic rings. The molecule has 52 valence electrons. The summed E-state index contributed by atoms with van der Waals surface area (Å²) in [5.74, 6) is -0.369. The first-order valence-electron chi connectivity index (χ1n) is 2.28. The Bertz CT molecular complexity index is 136. The van der Waals surface area contributed by atoms with Crippen molar-refractivity contribution in [3.8, 4) is 0 Å². The number of hydrazine groups is 1. The third-order valence-corrected chi connectivity index (χ3v) is 0.917. The number of carbonyl (C=O) groups excluding carboxylic acids is 1. The van der Waals surface area contributed by atoms with Crippen LogP contribution in [0.4, 0.5) is 0 Å². The van der Waals surface area contributed by atoms with Gasteiger partial charge in [-0.1, -0.05) is 0 Å². The number of hydrogen-bond acceptors (Lipinski definition) is 3. The molecule has 0 bridgehead atoms. The van der Waals surface area contributed by atoms with Gasteiger partial charge in [0.15, 0.2) is 0 Å². The van der Waals surface area contributed by atoms with Crippen molar-refractivity contribution in [2.24, 2.45) is 5.73 Å². The fourth-order valence-corrected chi connectivity index (χ4v) is 0.496. The topological polar surface area (TPSA) is 67.2 Å². The highest BCUT2D eigenvalue weighted by atomic mass is 35.5. The van der Waals surface area contributed by atoms with Crippen LogP contribution in [-0.2, 0) is 4.79 Å². The van der Waals surface area contributed by atoms with Gasteiger partial charge in [0.25, 0.3) is 0 Å². The minimum Gasteiger partial charge on any atom is -0.368 e. The van der Waals surface area contributed by atoms with Gasteiger partial charge in [-0.3, -0.25) is 4.79 Å². The van der Waals surface area contributed by atoms with Gasteiger partial charge < -0.3 is 11.2 Å². The Morgan fingerprint density at radius 3 is 2.56 bits per heavy atom. The highest BCUT2D eigenvalue weighted by molar-refractivity contribution is 5.85. The van der Waals surface area contributed by atoms with Crippen molar-refractivity contribution in [2.75, 3.05) is 0 Å². The monoisotopic (exact) mass is 149 g/mol. The lowest BCUT2D eigenvalue weighted by Gasteiger charge is -2.00. The lowest BCUT2D eigenvalue weighted by atomic mass is 10.3. The normalized spacial score (nSPS) is 22.4. The maximum absolute atomic E-state index is 10.3. The number of nitrogens with two attached hydrogens (primary N) is 1. The van der Waals surface area contributed by atoms with Crippen molar-refractivity contribution in [2.45, 2.75) is 6.04 Å². The van der Waals surface area contributed by atoms with Crippen LogP contribution in [0, 0.1) is 0 Å². The van der Waals surface area contributed by atoms with E-state index >= 15 is 0 Å². The summed E-state index contributed by atoms with van der Waals surface area (Å²) in [6, 6.07) is -0.338. The summed E-state index contributed by atoms with van der Waals surface area (Å²) >= 11 is 0. The Labute approximate surface area is 58.9 Å². The van der Waals surface area contributed by atoms with Gasteiger partial charge in [0.2, 0.25) is 5.91 Å². The van der Waals surface area contributed by atoms with E-state index in [4.69, 9.17) is 5.73 Å². The summed E-state index contributed by atoms with van der Waals surface area (Å²) in [6.45, 7) is 0. The second-order valence-electron chi connectivity index (χ2n) is 1.53. The van der Waals surface area contributed by atoms with Crippen LogP contribution in [0.2, 0.25) is 0 Å². The van der Waals surface area contributed by atoms with E-state index in [0.717, 1.165) is 0 Å². The largest absolute Gasteiger partial charge is 0.368 e. The maximum Gasteiger partial charge on any atom is 0.240 e. The van der Waals surface area contributed by atoms with Crippen LogP contribution in [0.15, 0.2) is 12.3 Å². The SMILES string of the molecule is Cl.NC(=O)C1C=CNN1. The summed E-state index contributed by atoms with van der Waals surface area (Å²) in [5, 5.41) is 0. The van der Waals surface area contributed by atoms with E-state index in [2.05, 4.69) is 10.9 Å². The molecule has 5 heteroatoms. The fraction of sp³-hybridized carbons (Fsp3) is 0.250. The molecular formula is C4H8ClN3O. The molecule has 4 nitrogen and oxygen atoms in total. The van der Waals surface area contributed by atoms with E-state index in [1.807, 2.05) is 0 Å². The van der Waals surface area contributed by atoms with Gasteiger partial charge in [-0.05, 0) is 6.08 Å². The van der Waals surface area contributed by atoms with Crippen molar-refractivity contribution < 1.29 is 4.79 Å². The third kappa shape index (κ3) is 1.91. The van der Waals surface area contributed by atoms with Crippen molar-refractivity contribution in [1.82, 2.24) is 10.9 Å². The molecule has 1 atom stereocenters. The summed E-state index contributed by atoms with van der Waals surface area (Å²) in [7, 11) is 0. The van der Waals surface area contributed by atoms with Gasteiger partial charge >= 0.3 is 0 Å². The molecule has 1 rings (SSSR count). The molecule has 1 heterocycles. The van der Waals surface area contributed by atoms with Crippen LogP contribution in [0.1, 0.15) is 0 Å². The zero-order valence-electron chi connectivity index (χ0n) is 4.63. The summed E-state index contributed by atoms with van der Waals surface area (Å²) in [6.07, 6.45) is 3.29. The van der Waals surface area contributed by atoms with Gasteiger partial charge in [0.1, 0.15) is 6.04 Å². The highest BCUT2D eigenvalue weighted by Crippen LogP contribution is 1.86. The number of hydrogen-bond donors (Lipinski definition) is 3. The van der Waals surface area contributed by atoms with Crippen molar-refractivity contribution in [3.63, 3.8) is 0 Å². The Morgan fingerprint density at radius 2 is 2.33 bits per heavy atom. The summed E-state index contributed by atoms with van der Waals surface area (Å²) in [5.41, 5.74) is 10.1. The number of rotatable bonds is 1. The van der Waals surface area contributed by atoms with E-state index in [-0.39, 0.29) is 24.4 Å². The van der Waals surface area contributed by atoms with Crippen LogP contribution < -0.4 is 16.6 Å². The van der Waals surface area contributed by atoms with E-state index in [9.17, 15) is 4.79 Å². The minimum atomic E-state index is -0.369. The quantitative estimate of drug-likeness (QED) is 0.443. The van der Waals surface area contributed by atoms with E-state index in [1.54, 1.807) is 12.3 Å². The van der Waals surface area contributed by atoms with Gasteiger partial charge in [0.05, 0.1) is 0 Å². The van der Waals surface area contributed by atoms with Crippen LogP contribution >= 0.6 is 12.4 Å². The predicted molar refractivity (Wildman–Crippen MR) is 35.6 cm³/mol. The lowest BCUT2D eigenvalue weighted by molar-refractivity contribution is -0.118. The molecule has 0 saturated heterocycles. The first-order chi connectivity index (χ1) is 3.80. The molecule has 9 heavy (non-hydrogen) atoms. The zero-order valence-corrected chi connectivity index (χ0v) is 5.44. The number of halogens is 1. The first-order valence-corrected chi connectivity index (χ1v) is 2.28. The molecule has 1 amide bonds. The van der Waals surface area contributed by atoms with Gasteiger partial charge in [-0.25, -0.2) is 5.43 Å². The molecule has 0 saturated carbocycles. The first kappa shape index (κ1) is 8.26. The summed E-state index contributed by atoms with van der Waals surface area (Å²) in [4.78, 5) is 10.3. The number of primary amides is 1. The van der Waals surface area contributed by atoms with Crippen LogP contribution in [0.25, 0.3) is 0 Å². The van der Waals surface area contributed by atoms with Crippen LogP contribution in [0.3, 0.4) is 0 Å².